The fourth-order valence-electron chi connectivity index (χ4n) is 2.71. The minimum Gasteiger partial charge on any atom is -0.396 e. The molecule has 3 aromatic rings. The van der Waals surface area contributed by atoms with Gasteiger partial charge in [-0.1, -0.05) is 48.0 Å². The molecule has 6 heteroatoms. The number of fused-ring (bicyclic) bond motifs is 1. The molecule has 3 rings (SSSR count). The van der Waals surface area contributed by atoms with Crippen LogP contribution in [0.1, 0.15) is 6.42 Å². The van der Waals surface area contributed by atoms with Crippen LogP contribution in [0.3, 0.4) is 0 Å². The topological polar surface area (TPSA) is 57.6 Å². The Morgan fingerprint density at radius 1 is 0.960 bits per heavy atom. The number of benzene rings is 3. The average molecular weight is 376 g/mol. The van der Waals surface area contributed by atoms with Gasteiger partial charge in [0.15, 0.2) is 0 Å². The Kier molecular flexibility index (Phi) is 5.27. The fourth-order valence-corrected chi connectivity index (χ4v) is 4.49. The molecule has 0 amide bonds. The van der Waals surface area contributed by atoms with E-state index in [1.165, 1.54) is 4.31 Å². The third-order valence-corrected chi connectivity index (χ3v) is 6.10. The Hall–Kier alpha value is -2.08. The Labute approximate surface area is 152 Å². The Bertz CT molecular complexity index is 974. The predicted molar refractivity (Wildman–Crippen MR) is 102 cm³/mol. The molecule has 0 radical (unpaired) electrons. The minimum atomic E-state index is -3.75. The van der Waals surface area contributed by atoms with Gasteiger partial charge < -0.3 is 5.11 Å². The molecular formula is C19H18ClNO3S. The van der Waals surface area contributed by atoms with Gasteiger partial charge in [0.2, 0.25) is 0 Å². The number of sulfonamides is 1. The number of aliphatic hydroxyl groups is 1. The van der Waals surface area contributed by atoms with E-state index >= 15 is 0 Å². The Morgan fingerprint density at radius 3 is 2.44 bits per heavy atom. The first-order valence-corrected chi connectivity index (χ1v) is 9.73. The maximum Gasteiger partial charge on any atom is 0.264 e. The lowest BCUT2D eigenvalue weighted by atomic mass is 10.1. The van der Waals surface area contributed by atoms with Gasteiger partial charge in [0.1, 0.15) is 0 Å². The van der Waals surface area contributed by atoms with Crippen LogP contribution >= 0.6 is 11.6 Å². The van der Waals surface area contributed by atoms with Gasteiger partial charge >= 0.3 is 0 Å². The van der Waals surface area contributed by atoms with Crippen molar-refractivity contribution >= 4 is 38.1 Å². The number of anilines is 1. The van der Waals surface area contributed by atoms with Crippen LogP contribution in [0.2, 0.25) is 5.02 Å². The average Bonchev–Trinajstić information content (AvgIpc) is 2.63. The molecule has 0 unspecified atom stereocenters. The minimum absolute atomic E-state index is 0.0772. The molecule has 25 heavy (non-hydrogen) atoms. The van der Waals surface area contributed by atoms with E-state index in [4.69, 9.17) is 16.7 Å². The van der Waals surface area contributed by atoms with Crippen LogP contribution in [-0.4, -0.2) is 26.7 Å². The van der Waals surface area contributed by atoms with Crippen LogP contribution in [0.25, 0.3) is 10.8 Å². The first-order valence-electron chi connectivity index (χ1n) is 7.91. The number of hydrogen-bond donors (Lipinski definition) is 1. The third kappa shape index (κ3) is 3.63. The lowest BCUT2D eigenvalue weighted by molar-refractivity contribution is 0.291. The van der Waals surface area contributed by atoms with E-state index in [0.717, 1.165) is 10.8 Å². The molecule has 0 fully saturated rings. The van der Waals surface area contributed by atoms with Gasteiger partial charge in [0.25, 0.3) is 10.0 Å². The van der Waals surface area contributed by atoms with Gasteiger partial charge in [-0.05, 0) is 42.1 Å². The predicted octanol–water partition coefficient (Wildman–Crippen LogP) is 4.07. The second-order valence-electron chi connectivity index (χ2n) is 5.61. The van der Waals surface area contributed by atoms with Gasteiger partial charge in [-0.25, -0.2) is 8.42 Å². The van der Waals surface area contributed by atoms with Crippen LogP contribution in [0.5, 0.6) is 0 Å². The number of aliphatic hydroxyl groups excluding tert-OH is 1. The number of hydrogen-bond acceptors (Lipinski definition) is 3. The molecule has 0 aliphatic rings. The number of para-hydroxylation sites is 1. The van der Waals surface area contributed by atoms with E-state index in [1.807, 2.05) is 12.1 Å². The van der Waals surface area contributed by atoms with Gasteiger partial charge in [0.05, 0.1) is 10.6 Å². The van der Waals surface area contributed by atoms with Gasteiger partial charge in [-0.15, -0.1) is 0 Å². The van der Waals surface area contributed by atoms with E-state index < -0.39 is 10.0 Å². The lowest BCUT2D eigenvalue weighted by Gasteiger charge is -2.24. The molecule has 0 saturated carbocycles. The van der Waals surface area contributed by atoms with Crippen molar-refractivity contribution in [3.8, 4) is 0 Å². The summed E-state index contributed by atoms with van der Waals surface area (Å²) in [6.07, 6.45) is 0.355. The van der Waals surface area contributed by atoms with Crippen LogP contribution in [0.15, 0.2) is 71.6 Å². The summed E-state index contributed by atoms with van der Waals surface area (Å²) in [7, 11) is -3.75. The zero-order valence-electron chi connectivity index (χ0n) is 13.5. The normalized spacial score (nSPS) is 11.6. The first-order chi connectivity index (χ1) is 12.0. The van der Waals surface area contributed by atoms with E-state index in [9.17, 15) is 8.42 Å². The van der Waals surface area contributed by atoms with E-state index in [0.29, 0.717) is 17.1 Å². The highest BCUT2D eigenvalue weighted by atomic mass is 35.5. The fraction of sp³-hybridized carbons (Fsp3) is 0.158. The molecule has 0 aromatic heterocycles. The highest BCUT2D eigenvalue weighted by Gasteiger charge is 2.24. The Balaban J connectivity index is 2.08. The SMILES string of the molecule is O=S(=O)(c1ccc2c(Cl)cccc2c1)N(CCCO)c1ccccc1. The molecule has 0 aliphatic heterocycles. The van der Waals surface area contributed by atoms with Crippen LogP contribution in [-0.2, 0) is 10.0 Å². The number of nitrogens with zero attached hydrogens (tertiary/aromatic N) is 1. The molecule has 0 bridgehead atoms. The summed E-state index contributed by atoms with van der Waals surface area (Å²) < 4.78 is 27.7. The zero-order valence-corrected chi connectivity index (χ0v) is 15.0. The lowest BCUT2D eigenvalue weighted by Crippen LogP contribution is -2.32. The maximum absolute atomic E-state index is 13.2. The Morgan fingerprint density at radius 2 is 1.72 bits per heavy atom. The molecule has 3 aromatic carbocycles. The van der Waals surface area contributed by atoms with Gasteiger partial charge in [-0.2, -0.15) is 0 Å². The maximum atomic E-state index is 13.2. The quantitative estimate of drug-likeness (QED) is 0.706. The smallest absolute Gasteiger partial charge is 0.264 e. The molecule has 130 valence electrons. The molecule has 0 aliphatic carbocycles. The molecule has 1 N–H and O–H groups in total. The standard InChI is InChI=1S/C19H18ClNO3S/c20-19-9-4-6-15-14-17(10-11-18(15)19)25(23,24)21(12-5-13-22)16-7-2-1-3-8-16/h1-4,6-11,14,22H,5,12-13H2. The van der Waals surface area contributed by atoms with Gasteiger partial charge in [-0.3, -0.25) is 4.31 Å². The van der Waals surface area contributed by atoms with Crippen molar-refractivity contribution in [1.82, 2.24) is 0 Å². The number of rotatable bonds is 6. The number of halogens is 1. The summed E-state index contributed by atoms with van der Waals surface area (Å²) in [5.74, 6) is 0. The van der Waals surface area contributed by atoms with Crippen LogP contribution in [0, 0.1) is 0 Å². The summed E-state index contributed by atoms with van der Waals surface area (Å²) in [6, 6.07) is 19.2. The van der Waals surface area contributed by atoms with Crippen LogP contribution in [0.4, 0.5) is 5.69 Å². The van der Waals surface area contributed by atoms with Crippen molar-refractivity contribution in [2.45, 2.75) is 11.3 Å². The largest absolute Gasteiger partial charge is 0.396 e. The first kappa shape index (κ1) is 17.7. The molecule has 0 saturated heterocycles. The summed E-state index contributed by atoms with van der Waals surface area (Å²) >= 11 is 6.16. The van der Waals surface area contributed by atoms with Crippen molar-refractivity contribution in [2.75, 3.05) is 17.5 Å². The highest BCUT2D eigenvalue weighted by molar-refractivity contribution is 7.92. The van der Waals surface area contributed by atoms with Crippen molar-refractivity contribution in [3.05, 3.63) is 71.8 Å². The van der Waals surface area contributed by atoms with E-state index in [1.54, 1.807) is 54.6 Å². The van der Waals surface area contributed by atoms with Gasteiger partial charge in [0, 0.05) is 23.6 Å². The second-order valence-corrected chi connectivity index (χ2v) is 7.88. The zero-order chi connectivity index (χ0) is 17.9. The molecule has 0 atom stereocenters. The monoisotopic (exact) mass is 375 g/mol. The molecule has 0 spiro atoms. The molecule has 0 heterocycles. The molecular weight excluding hydrogens is 358 g/mol. The van der Waals surface area contributed by atoms with Crippen molar-refractivity contribution in [1.29, 1.82) is 0 Å². The van der Waals surface area contributed by atoms with Crippen molar-refractivity contribution in [3.63, 3.8) is 0 Å². The van der Waals surface area contributed by atoms with E-state index in [2.05, 4.69) is 0 Å². The summed E-state index contributed by atoms with van der Waals surface area (Å²) in [4.78, 5) is 0.198. The van der Waals surface area contributed by atoms with E-state index in [-0.39, 0.29) is 18.0 Å². The summed E-state index contributed by atoms with van der Waals surface area (Å²) in [5.41, 5.74) is 0.571. The summed E-state index contributed by atoms with van der Waals surface area (Å²) in [6.45, 7) is 0.128. The highest BCUT2D eigenvalue weighted by Crippen LogP contribution is 2.29. The molecule has 4 nitrogen and oxygen atoms in total. The van der Waals surface area contributed by atoms with Crippen LogP contribution < -0.4 is 4.31 Å². The third-order valence-electron chi connectivity index (χ3n) is 3.95. The summed E-state index contributed by atoms with van der Waals surface area (Å²) in [5, 5.41) is 11.3. The van der Waals surface area contributed by atoms with Crippen molar-refractivity contribution < 1.29 is 13.5 Å². The van der Waals surface area contributed by atoms with Crippen molar-refractivity contribution in [2.24, 2.45) is 0 Å². The second kappa shape index (κ2) is 7.44.